The van der Waals surface area contributed by atoms with Gasteiger partial charge in [-0.1, -0.05) is 54.6 Å². The number of thiazole rings is 1. The second kappa shape index (κ2) is 12.5. The molecular formula is C34H32N4OS. The van der Waals surface area contributed by atoms with Crippen molar-refractivity contribution in [2.24, 2.45) is 0 Å². The lowest BCUT2D eigenvalue weighted by atomic mass is 10.2. The first kappa shape index (κ1) is 26.9. The predicted octanol–water partition coefficient (Wildman–Crippen LogP) is 8.60. The van der Waals surface area contributed by atoms with Crippen LogP contribution in [0.1, 0.15) is 22.0 Å². The van der Waals surface area contributed by atoms with Crippen molar-refractivity contribution in [2.45, 2.75) is 0 Å². The fourth-order valence-corrected chi connectivity index (χ4v) is 4.90. The minimum Gasteiger partial charge on any atom is -0.437 e. The van der Waals surface area contributed by atoms with Crippen molar-refractivity contribution in [2.75, 3.05) is 38.0 Å². The van der Waals surface area contributed by atoms with Crippen LogP contribution in [0.15, 0.2) is 101 Å². The molecule has 6 aromatic rings. The van der Waals surface area contributed by atoms with Crippen molar-refractivity contribution in [3.63, 3.8) is 0 Å². The third-order valence-electron chi connectivity index (χ3n) is 6.28. The lowest BCUT2D eigenvalue weighted by Crippen LogP contribution is -2.07. The van der Waals surface area contributed by atoms with E-state index < -0.39 is 0 Å². The van der Waals surface area contributed by atoms with Gasteiger partial charge < -0.3 is 14.2 Å². The number of oxazole rings is 1. The molecule has 0 atom stereocenters. The molecule has 0 bridgehead atoms. The Morgan fingerprint density at radius 3 is 1.70 bits per heavy atom. The molecular weight excluding hydrogens is 512 g/mol. The van der Waals surface area contributed by atoms with Crippen LogP contribution in [0.4, 0.5) is 11.4 Å². The van der Waals surface area contributed by atoms with Gasteiger partial charge in [0.15, 0.2) is 5.58 Å². The van der Waals surface area contributed by atoms with Crippen molar-refractivity contribution >= 4 is 68.3 Å². The van der Waals surface area contributed by atoms with E-state index in [1.54, 1.807) is 11.3 Å². The first-order valence-corrected chi connectivity index (χ1v) is 13.9. The minimum absolute atomic E-state index is 0.628. The van der Waals surface area contributed by atoms with Gasteiger partial charge in [0, 0.05) is 45.6 Å². The topological polar surface area (TPSA) is 45.4 Å². The van der Waals surface area contributed by atoms with Crippen molar-refractivity contribution < 1.29 is 4.42 Å². The number of rotatable bonds is 6. The molecule has 0 aliphatic carbocycles. The van der Waals surface area contributed by atoms with E-state index in [0.717, 1.165) is 27.2 Å². The van der Waals surface area contributed by atoms with Crippen LogP contribution in [0.5, 0.6) is 0 Å². The minimum atomic E-state index is 0.628. The Morgan fingerprint density at radius 1 is 0.575 bits per heavy atom. The van der Waals surface area contributed by atoms with Crippen molar-refractivity contribution in [1.29, 1.82) is 0 Å². The van der Waals surface area contributed by atoms with Crippen LogP contribution in [0, 0.1) is 0 Å². The maximum atomic E-state index is 5.65. The Bertz CT molecular complexity index is 1550. The molecule has 6 rings (SSSR count). The Labute approximate surface area is 239 Å². The molecule has 0 N–H and O–H groups in total. The largest absolute Gasteiger partial charge is 0.437 e. The molecule has 0 aliphatic heterocycles. The number of nitrogens with zero attached hydrogens (tertiary/aromatic N) is 4. The molecule has 2 aromatic heterocycles. The fraction of sp³-hybridized carbons (Fsp3) is 0.118. The molecule has 0 amide bonds. The number of aromatic nitrogens is 2. The van der Waals surface area contributed by atoms with E-state index in [0.29, 0.717) is 5.89 Å². The maximum Gasteiger partial charge on any atom is 0.220 e. The van der Waals surface area contributed by atoms with E-state index in [4.69, 9.17) is 4.42 Å². The fourth-order valence-electron chi connectivity index (χ4n) is 4.02. The number of benzene rings is 4. The van der Waals surface area contributed by atoms with E-state index in [9.17, 15) is 0 Å². The molecule has 0 aliphatic rings. The first-order valence-electron chi connectivity index (χ1n) is 13.1. The molecule has 6 heteroatoms. The van der Waals surface area contributed by atoms with Gasteiger partial charge in [-0.15, -0.1) is 11.3 Å². The molecule has 0 fully saturated rings. The van der Waals surface area contributed by atoms with Crippen LogP contribution in [-0.2, 0) is 0 Å². The summed E-state index contributed by atoms with van der Waals surface area (Å²) in [6.07, 6.45) is 8.08. The third-order valence-corrected chi connectivity index (χ3v) is 7.28. The van der Waals surface area contributed by atoms with Crippen molar-refractivity contribution in [3.8, 4) is 0 Å². The summed E-state index contributed by atoms with van der Waals surface area (Å²) in [5.74, 6) is 0.628. The Hall–Kier alpha value is -4.68. The summed E-state index contributed by atoms with van der Waals surface area (Å²) in [5.41, 5.74) is 7.48. The summed E-state index contributed by atoms with van der Waals surface area (Å²) in [4.78, 5) is 13.2. The van der Waals surface area contributed by atoms with E-state index in [1.165, 1.54) is 21.6 Å². The smallest absolute Gasteiger partial charge is 0.220 e. The lowest BCUT2D eigenvalue weighted by molar-refractivity contribution is 0.590. The van der Waals surface area contributed by atoms with Gasteiger partial charge in [0.2, 0.25) is 5.89 Å². The maximum absolute atomic E-state index is 5.65. The van der Waals surface area contributed by atoms with Gasteiger partial charge in [-0.2, -0.15) is 0 Å². The molecule has 0 spiro atoms. The van der Waals surface area contributed by atoms with E-state index in [1.807, 2.05) is 76.7 Å². The van der Waals surface area contributed by atoms with Crippen LogP contribution in [-0.4, -0.2) is 38.2 Å². The average Bonchev–Trinajstić information content (AvgIpc) is 3.59. The monoisotopic (exact) mass is 544 g/mol. The number of para-hydroxylation sites is 3. The Morgan fingerprint density at radius 2 is 1.12 bits per heavy atom. The summed E-state index contributed by atoms with van der Waals surface area (Å²) in [5, 5.41) is 1.04. The summed E-state index contributed by atoms with van der Waals surface area (Å²) in [6, 6.07) is 32.8. The quantitative estimate of drug-likeness (QED) is 0.210. The molecule has 0 unspecified atom stereocenters. The van der Waals surface area contributed by atoms with E-state index >= 15 is 0 Å². The molecule has 0 saturated heterocycles. The second-order valence-electron chi connectivity index (χ2n) is 9.68. The highest BCUT2D eigenvalue weighted by Gasteiger charge is 2.02. The highest BCUT2D eigenvalue weighted by atomic mass is 32.1. The van der Waals surface area contributed by atoms with Crippen molar-refractivity contribution in [3.05, 3.63) is 119 Å². The Balaban J connectivity index is 0.000000161. The molecule has 0 saturated carbocycles. The normalized spacial score (nSPS) is 11.3. The predicted molar refractivity (Wildman–Crippen MR) is 173 cm³/mol. The molecule has 4 aromatic carbocycles. The molecule has 0 radical (unpaired) electrons. The zero-order valence-corrected chi connectivity index (χ0v) is 24.0. The van der Waals surface area contributed by atoms with Gasteiger partial charge in [-0.3, -0.25) is 0 Å². The third kappa shape index (κ3) is 6.84. The number of hydrogen-bond donors (Lipinski definition) is 0. The lowest BCUT2D eigenvalue weighted by Gasteiger charge is -2.11. The van der Waals surface area contributed by atoms with Crippen LogP contribution in [0.3, 0.4) is 0 Å². The zero-order chi connectivity index (χ0) is 27.9. The van der Waals surface area contributed by atoms with Gasteiger partial charge in [0.25, 0.3) is 0 Å². The van der Waals surface area contributed by atoms with Gasteiger partial charge >= 0.3 is 0 Å². The highest BCUT2D eigenvalue weighted by molar-refractivity contribution is 7.19. The molecule has 5 nitrogen and oxygen atoms in total. The van der Waals surface area contributed by atoms with Crippen LogP contribution < -0.4 is 9.80 Å². The SMILES string of the molecule is CN(C)c1ccc(C=Cc2nc3ccccc3o2)cc1.CN(C)c1ccc(C=Cc2nc3ccccc3s2)cc1. The van der Waals surface area contributed by atoms with Gasteiger partial charge in [-0.25, -0.2) is 9.97 Å². The van der Waals surface area contributed by atoms with Crippen LogP contribution in [0.25, 0.3) is 45.6 Å². The van der Waals surface area contributed by atoms with E-state index in [2.05, 4.69) is 92.6 Å². The highest BCUT2D eigenvalue weighted by Crippen LogP contribution is 2.23. The number of hydrogen-bond acceptors (Lipinski definition) is 6. The van der Waals surface area contributed by atoms with Gasteiger partial charge in [-0.05, 0) is 71.8 Å². The summed E-state index contributed by atoms with van der Waals surface area (Å²) in [6.45, 7) is 0. The number of fused-ring (bicyclic) bond motifs is 2. The van der Waals surface area contributed by atoms with Gasteiger partial charge in [0.05, 0.1) is 10.2 Å². The zero-order valence-electron chi connectivity index (χ0n) is 23.2. The molecule has 2 heterocycles. The van der Waals surface area contributed by atoms with Crippen LogP contribution in [0.2, 0.25) is 0 Å². The summed E-state index contributed by atoms with van der Waals surface area (Å²) < 4.78 is 6.88. The van der Waals surface area contributed by atoms with Gasteiger partial charge in [0.1, 0.15) is 10.5 Å². The number of anilines is 2. The second-order valence-corrected chi connectivity index (χ2v) is 10.7. The standard InChI is InChI=1S/C17H16N2O.C17H16N2S/c2*1-19(2)14-10-7-13(8-11-14)9-12-17-18-15-5-3-4-6-16(15)20-17/h2*3-12H,1-2H3. The average molecular weight is 545 g/mol. The molecule has 200 valence electrons. The Kier molecular flexibility index (Phi) is 8.38. The summed E-state index contributed by atoms with van der Waals surface area (Å²) >= 11 is 1.72. The van der Waals surface area contributed by atoms with Crippen LogP contribution >= 0.6 is 11.3 Å². The molecule has 40 heavy (non-hydrogen) atoms. The van der Waals surface area contributed by atoms with E-state index in [-0.39, 0.29) is 0 Å². The first-order chi connectivity index (χ1) is 19.4. The van der Waals surface area contributed by atoms with Crippen molar-refractivity contribution in [1.82, 2.24) is 9.97 Å². The summed E-state index contributed by atoms with van der Waals surface area (Å²) in [7, 11) is 8.16.